The van der Waals surface area contributed by atoms with Gasteiger partial charge < -0.3 is 53.4 Å². The summed E-state index contributed by atoms with van der Waals surface area (Å²) in [7, 11) is 0. The van der Waals surface area contributed by atoms with Gasteiger partial charge in [-0.1, -0.05) is 35.9 Å². The van der Waals surface area contributed by atoms with Crippen LogP contribution in [0.3, 0.4) is 0 Å². The molecule has 0 bridgehead atoms. The molecular weight excluding hydrogens is 723 g/mol. The third kappa shape index (κ3) is 14.4. The van der Waals surface area contributed by atoms with E-state index in [1.54, 1.807) is 0 Å². The first-order valence-corrected chi connectivity index (χ1v) is 18.4. The maximum atomic E-state index is 13.2. The molecule has 53 heavy (non-hydrogen) atoms. The standard InChI is InChI=1S/C38H51ClN6O7.ClH/c39-35-37(41)44-36(40)34(43-35)38(50)42-29-8-3-21-45(24-29,19-1-6-27-11-15-32(16-12-27)51-25-30(48)9-4-22-46)20-2-7-28-13-17-33(18-14-28)52-26-31(49)10-5-23-47;/h11-18,29,46-47H,1-10,19-26H2,(H4-,40,41,42,44,50);1H/t29-;/m0./s1. The van der Waals surface area contributed by atoms with Crippen LogP contribution in [-0.2, 0) is 22.4 Å². The lowest BCUT2D eigenvalue weighted by Gasteiger charge is -2.45. The topological polar surface area (TPSA) is 200 Å². The average molecular weight is 776 g/mol. The summed E-state index contributed by atoms with van der Waals surface area (Å²) >= 11 is 6.05. The van der Waals surface area contributed by atoms with E-state index < -0.39 is 5.91 Å². The van der Waals surface area contributed by atoms with E-state index in [1.165, 1.54) is 11.1 Å². The number of hydrogen-bond donors (Lipinski definition) is 5. The van der Waals surface area contributed by atoms with E-state index in [4.69, 9.17) is 42.8 Å². The van der Waals surface area contributed by atoms with E-state index in [-0.39, 0.29) is 78.9 Å². The molecule has 2 heterocycles. The molecule has 3 aromatic rings. The first-order chi connectivity index (χ1) is 25.1. The molecule has 7 N–H and O–H groups in total. The van der Waals surface area contributed by atoms with E-state index in [0.717, 1.165) is 69.2 Å². The lowest BCUT2D eigenvalue weighted by atomic mass is 9.99. The van der Waals surface area contributed by atoms with Crippen LogP contribution in [0, 0.1) is 0 Å². The molecule has 1 fully saturated rings. The Kier molecular flexibility index (Phi) is 18.2. The maximum absolute atomic E-state index is 13.2. The van der Waals surface area contributed by atoms with Crippen molar-refractivity contribution in [2.24, 2.45) is 0 Å². The fourth-order valence-electron chi connectivity index (χ4n) is 6.59. The van der Waals surface area contributed by atoms with Gasteiger partial charge in [0.2, 0.25) is 0 Å². The minimum Gasteiger partial charge on any atom is -1.00 e. The first-order valence-electron chi connectivity index (χ1n) is 18.0. The molecule has 0 saturated carbocycles. The molecule has 2 aromatic carbocycles. The molecule has 0 unspecified atom stereocenters. The number of quaternary nitrogens is 1. The van der Waals surface area contributed by atoms with E-state index in [2.05, 4.69) is 15.3 Å². The molecule has 0 spiro atoms. The van der Waals surface area contributed by atoms with Crippen LogP contribution >= 0.6 is 11.6 Å². The number of nitrogens with two attached hydrogens (primary N) is 2. The van der Waals surface area contributed by atoms with Crippen molar-refractivity contribution in [1.29, 1.82) is 0 Å². The van der Waals surface area contributed by atoms with Gasteiger partial charge in [0.05, 0.1) is 32.2 Å². The van der Waals surface area contributed by atoms with Crippen LogP contribution in [0.2, 0.25) is 5.15 Å². The summed E-state index contributed by atoms with van der Waals surface area (Å²) in [5, 5.41) is 20.9. The van der Waals surface area contributed by atoms with Crippen molar-refractivity contribution >= 4 is 40.7 Å². The molecule has 1 aliphatic rings. The number of piperidine rings is 1. The van der Waals surface area contributed by atoms with Crippen molar-refractivity contribution < 1.29 is 51.0 Å². The van der Waals surface area contributed by atoms with Crippen LogP contribution in [0.1, 0.15) is 73.0 Å². The highest BCUT2D eigenvalue weighted by Crippen LogP contribution is 2.25. The van der Waals surface area contributed by atoms with Crippen LogP contribution in [0.15, 0.2) is 48.5 Å². The third-order valence-electron chi connectivity index (χ3n) is 9.32. The lowest BCUT2D eigenvalue weighted by Crippen LogP contribution is -3.00. The normalized spacial score (nSPS) is 14.9. The summed E-state index contributed by atoms with van der Waals surface area (Å²) in [6.07, 6.45) is 6.87. The molecule has 4 rings (SSSR count). The number of anilines is 2. The number of nitrogens with one attached hydrogen (secondary N) is 1. The highest BCUT2D eigenvalue weighted by molar-refractivity contribution is 6.31. The van der Waals surface area contributed by atoms with Crippen molar-refractivity contribution in [3.8, 4) is 11.5 Å². The number of hydrogen-bond acceptors (Lipinski definition) is 11. The second kappa shape index (κ2) is 22.3. The number of halogens is 2. The zero-order valence-corrected chi connectivity index (χ0v) is 31.6. The second-order valence-electron chi connectivity index (χ2n) is 13.4. The Labute approximate surface area is 322 Å². The van der Waals surface area contributed by atoms with Crippen LogP contribution in [-0.4, -0.2) is 101 Å². The van der Waals surface area contributed by atoms with Gasteiger partial charge in [-0.2, -0.15) is 0 Å². The number of rotatable bonds is 22. The number of aryl methyl sites for hydroxylation is 2. The van der Waals surface area contributed by atoms with Gasteiger partial charge in [-0.15, -0.1) is 0 Å². The van der Waals surface area contributed by atoms with Gasteiger partial charge in [-0.25, -0.2) is 9.97 Å². The third-order valence-corrected chi connectivity index (χ3v) is 9.60. The van der Waals surface area contributed by atoms with Gasteiger partial charge in [-0.3, -0.25) is 14.4 Å². The zero-order valence-electron chi connectivity index (χ0n) is 30.1. The quantitative estimate of drug-likeness (QED) is 0.0902. The number of aromatic nitrogens is 2. The largest absolute Gasteiger partial charge is 1.00 e. The number of carbonyl (C=O) groups excluding carboxylic acids is 3. The van der Waals surface area contributed by atoms with E-state index in [9.17, 15) is 14.4 Å². The number of carbonyl (C=O) groups is 3. The minimum atomic E-state index is -0.424. The van der Waals surface area contributed by atoms with Gasteiger partial charge in [0.15, 0.2) is 34.0 Å². The Morgan fingerprint density at radius 2 is 1.30 bits per heavy atom. The Morgan fingerprint density at radius 1 is 0.792 bits per heavy atom. The number of ether oxygens (including phenoxy) is 2. The van der Waals surface area contributed by atoms with Gasteiger partial charge in [0, 0.05) is 38.9 Å². The average Bonchev–Trinajstić information content (AvgIpc) is 3.14. The van der Waals surface area contributed by atoms with Gasteiger partial charge in [0.1, 0.15) is 24.7 Å². The van der Waals surface area contributed by atoms with Gasteiger partial charge in [0.25, 0.3) is 5.91 Å². The Hall–Kier alpha value is -4.01. The molecule has 1 aromatic heterocycles. The highest BCUT2D eigenvalue weighted by atomic mass is 35.5. The molecular formula is C38H52Cl2N6O7. The summed E-state index contributed by atoms with van der Waals surface area (Å²) < 4.78 is 12.1. The van der Waals surface area contributed by atoms with Crippen LogP contribution in [0.5, 0.6) is 11.5 Å². The molecule has 0 aliphatic carbocycles. The predicted molar refractivity (Wildman–Crippen MR) is 199 cm³/mol. The van der Waals surface area contributed by atoms with Crippen LogP contribution in [0.25, 0.3) is 0 Å². The maximum Gasteiger partial charge on any atom is 0.274 e. The fraction of sp³-hybridized carbons (Fsp3) is 0.500. The number of aliphatic hydroxyl groups is 2. The SMILES string of the molecule is Nc1nc(N)c(C(=O)N[C@H]2CCC[N+](CCCc3ccc(OCC(=O)CCCO)cc3)(CCCc3ccc(OCC(=O)CCCO)cc3)C2)nc1Cl.[Cl-]. The van der Waals surface area contributed by atoms with Crippen molar-refractivity contribution in [3.05, 3.63) is 70.5 Å². The Bertz CT molecular complexity index is 1540. The number of nitrogen functional groups attached to an aromatic ring is 2. The van der Waals surface area contributed by atoms with Gasteiger partial charge >= 0.3 is 0 Å². The number of Topliss-reactive ketones (excluding diaryl/α,β-unsaturated/α-hetero) is 2. The Morgan fingerprint density at radius 3 is 1.79 bits per heavy atom. The van der Waals surface area contributed by atoms with E-state index in [0.29, 0.717) is 37.2 Å². The number of amides is 1. The van der Waals surface area contributed by atoms with Crippen molar-refractivity contribution in [3.63, 3.8) is 0 Å². The number of nitrogens with zero attached hydrogens (tertiary/aromatic N) is 3. The zero-order chi connectivity index (χ0) is 37.3. The van der Waals surface area contributed by atoms with Crippen molar-refractivity contribution in [2.45, 2.75) is 70.3 Å². The predicted octanol–water partition coefficient (Wildman–Crippen LogP) is 0.714. The summed E-state index contributed by atoms with van der Waals surface area (Å²) in [5.74, 6) is 0.680. The summed E-state index contributed by atoms with van der Waals surface area (Å²) in [6, 6.07) is 15.6. The van der Waals surface area contributed by atoms with Crippen LogP contribution in [0.4, 0.5) is 11.6 Å². The summed E-state index contributed by atoms with van der Waals surface area (Å²) in [5.41, 5.74) is 14.0. The van der Waals surface area contributed by atoms with Gasteiger partial charge in [-0.05, 0) is 73.9 Å². The van der Waals surface area contributed by atoms with E-state index in [1.807, 2.05) is 48.5 Å². The number of likely N-dealkylation sites (tertiary alicyclic amines) is 1. The Balaban J connectivity index is 0.00000756. The number of ketones is 2. The molecule has 15 heteroatoms. The molecule has 1 saturated heterocycles. The molecule has 1 atom stereocenters. The molecule has 13 nitrogen and oxygen atoms in total. The summed E-state index contributed by atoms with van der Waals surface area (Å²) in [6.45, 7) is 3.57. The number of benzene rings is 2. The molecule has 290 valence electrons. The molecule has 0 radical (unpaired) electrons. The number of aliphatic hydroxyl groups excluding tert-OH is 2. The molecule has 1 aliphatic heterocycles. The van der Waals surface area contributed by atoms with Crippen molar-refractivity contribution in [2.75, 3.05) is 64.1 Å². The minimum absolute atomic E-state index is 0. The van der Waals surface area contributed by atoms with E-state index >= 15 is 0 Å². The van der Waals surface area contributed by atoms with Crippen LogP contribution < -0.4 is 38.7 Å². The molecule has 1 amide bonds. The monoisotopic (exact) mass is 774 g/mol. The fourth-order valence-corrected chi connectivity index (χ4v) is 6.71. The summed E-state index contributed by atoms with van der Waals surface area (Å²) in [4.78, 5) is 45.1. The highest BCUT2D eigenvalue weighted by Gasteiger charge is 2.35. The first kappa shape index (κ1) is 43.4. The lowest BCUT2D eigenvalue weighted by molar-refractivity contribution is -0.933. The smallest absolute Gasteiger partial charge is 0.274 e. The van der Waals surface area contributed by atoms with Crippen molar-refractivity contribution in [1.82, 2.24) is 15.3 Å². The second-order valence-corrected chi connectivity index (χ2v) is 13.8.